The fourth-order valence-corrected chi connectivity index (χ4v) is 6.68. The lowest BCUT2D eigenvalue weighted by Gasteiger charge is -2.07. The summed E-state index contributed by atoms with van der Waals surface area (Å²) in [5.41, 5.74) is 0. The predicted octanol–water partition coefficient (Wildman–Crippen LogP) is 13.5. The molecule has 0 spiro atoms. The number of aryl methyl sites for hydroxylation is 2. The first-order valence-corrected chi connectivity index (χ1v) is 19.9. The van der Waals surface area contributed by atoms with Gasteiger partial charge in [0.1, 0.15) is 12.4 Å². The Balaban J connectivity index is 2.28. The van der Waals surface area contributed by atoms with E-state index in [0.717, 1.165) is 0 Å². The summed E-state index contributed by atoms with van der Waals surface area (Å²) >= 11 is 0. The highest BCUT2D eigenvalue weighted by molar-refractivity contribution is 4.84. The minimum Gasteiger partial charge on any atom is -0.234 e. The van der Waals surface area contributed by atoms with Gasteiger partial charge in [-0.25, -0.2) is 9.13 Å². The summed E-state index contributed by atoms with van der Waals surface area (Å²) in [5.74, 6) is 1.62. The first-order chi connectivity index (χ1) is 20.8. The van der Waals surface area contributed by atoms with E-state index in [1.54, 1.807) is 5.82 Å². The lowest BCUT2D eigenvalue weighted by Crippen LogP contribution is -2.37. The molecule has 0 saturated heterocycles. The molecule has 0 amide bonds. The van der Waals surface area contributed by atoms with E-state index in [4.69, 9.17) is 0 Å². The van der Waals surface area contributed by atoms with E-state index in [1.807, 2.05) is 0 Å². The van der Waals surface area contributed by atoms with Crippen LogP contribution >= 0.6 is 0 Å². The molecule has 0 aliphatic rings. The van der Waals surface area contributed by atoms with Crippen molar-refractivity contribution < 1.29 is 4.57 Å². The molecule has 1 rings (SSSR count). The molecular weight excluding hydrogens is 508 g/mol. The molecule has 0 aliphatic heterocycles. The van der Waals surface area contributed by atoms with E-state index in [2.05, 4.69) is 42.3 Å². The molecule has 0 unspecified atom stereocenters. The van der Waals surface area contributed by atoms with Gasteiger partial charge >= 0.3 is 0 Å². The zero-order valence-corrected chi connectivity index (χ0v) is 29.6. The molecule has 1 aromatic rings. The Kier molecular flexibility index (Phi) is 29.5. The van der Waals surface area contributed by atoms with Crippen molar-refractivity contribution in [3.63, 3.8) is 0 Å². The summed E-state index contributed by atoms with van der Waals surface area (Å²) < 4.78 is 5.27. The molecule has 2 nitrogen and oxygen atoms in total. The van der Waals surface area contributed by atoms with Crippen molar-refractivity contribution in [1.29, 1.82) is 0 Å². The lowest BCUT2D eigenvalue weighted by atomic mass is 10.0. The third kappa shape index (κ3) is 23.6. The molecular formula is C40H79N2+. The van der Waals surface area contributed by atoms with Crippen LogP contribution in [0.1, 0.15) is 226 Å². The molecule has 1 aromatic heterocycles. The third-order valence-corrected chi connectivity index (χ3v) is 9.60. The molecule has 0 atom stereocenters. The first kappa shape index (κ1) is 39.2. The van der Waals surface area contributed by atoms with Crippen LogP contribution in [0, 0.1) is 0 Å². The van der Waals surface area contributed by atoms with Crippen molar-refractivity contribution in [3.8, 4) is 0 Å². The van der Waals surface area contributed by atoms with Gasteiger partial charge in [-0.15, -0.1) is 0 Å². The van der Waals surface area contributed by atoms with Crippen molar-refractivity contribution in [3.05, 3.63) is 18.2 Å². The van der Waals surface area contributed by atoms with E-state index in [-0.39, 0.29) is 0 Å². The number of aromatic nitrogens is 2. The average Bonchev–Trinajstić information content (AvgIpc) is 3.38. The van der Waals surface area contributed by atoms with Crippen LogP contribution in [0.3, 0.4) is 0 Å². The van der Waals surface area contributed by atoms with Gasteiger partial charge in [-0.1, -0.05) is 188 Å². The smallest absolute Gasteiger partial charge is 0.234 e. The van der Waals surface area contributed by atoms with Crippen molar-refractivity contribution in [2.75, 3.05) is 0 Å². The molecule has 42 heavy (non-hydrogen) atoms. The molecule has 0 bridgehead atoms. The molecule has 248 valence electrons. The van der Waals surface area contributed by atoms with Crippen LogP contribution in [-0.4, -0.2) is 4.57 Å². The number of rotatable bonds is 34. The molecule has 0 aromatic carbocycles. The summed E-state index contributed by atoms with van der Waals surface area (Å²) in [6, 6.07) is 0. The molecule has 0 fully saturated rings. The van der Waals surface area contributed by atoms with Crippen LogP contribution in [0.25, 0.3) is 0 Å². The van der Waals surface area contributed by atoms with Crippen LogP contribution in [0.4, 0.5) is 0 Å². The Morgan fingerprint density at radius 3 is 1.14 bits per heavy atom. The summed E-state index contributed by atoms with van der Waals surface area (Å²) in [7, 11) is 0. The quantitative estimate of drug-likeness (QED) is 0.0560. The van der Waals surface area contributed by atoms with Gasteiger partial charge in [0, 0.05) is 6.42 Å². The maximum atomic E-state index is 2.64. The molecule has 0 N–H and O–H groups in total. The Hall–Kier alpha value is -0.790. The van der Waals surface area contributed by atoms with Gasteiger partial charge in [0.2, 0.25) is 0 Å². The molecule has 2 heteroatoms. The minimum atomic E-state index is 1.23. The van der Waals surface area contributed by atoms with Gasteiger partial charge in [-0.05, 0) is 32.1 Å². The summed E-state index contributed by atoms with van der Waals surface area (Å²) in [5, 5.41) is 0. The van der Waals surface area contributed by atoms with Gasteiger partial charge in [0.25, 0.3) is 5.82 Å². The number of hydrogen-bond acceptors (Lipinski definition) is 0. The van der Waals surface area contributed by atoms with Gasteiger partial charge < -0.3 is 0 Å². The van der Waals surface area contributed by atoms with Crippen LogP contribution < -0.4 is 4.57 Å². The van der Waals surface area contributed by atoms with Gasteiger partial charge in [0.15, 0.2) is 0 Å². The average molecular weight is 588 g/mol. The number of unbranched alkanes of at least 4 members (excludes halogenated alkanes) is 28. The second-order valence-electron chi connectivity index (χ2n) is 13.8. The second kappa shape index (κ2) is 31.6. The zero-order valence-electron chi connectivity index (χ0n) is 29.6. The zero-order chi connectivity index (χ0) is 30.2. The Morgan fingerprint density at radius 2 is 0.738 bits per heavy atom. The van der Waals surface area contributed by atoms with Crippen molar-refractivity contribution in [1.82, 2.24) is 4.57 Å². The first-order valence-electron chi connectivity index (χ1n) is 19.9. The van der Waals surface area contributed by atoms with Crippen LogP contribution in [0.5, 0.6) is 0 Å². The summed E-state index contributed by atoms with van der Waals surface area (Å²) in [6.45, 7) is 9.40. The van der Waals surface area contributed by atoms with Gasteiger partial charge in [-0.3, -0.25) is 0 Å². The largest absolute Gasteiger partial charge is 0.256 e. The maximum absolute atomic E-state index is 2.64. The van der Waals surface area contributed by atoms with Crippen molar-refractivity contribution in [2.45, 2.75) is 239 Å². The highest BCUT2D eigenvalue weighted by Crippen LogP contribution is 2.15. The summed E-state index contributed by atoms with van der Waals surface area (Å²) in [4.78, 5) is 0. The highest BCUT2D eigenvalue weighted by atomic mass is 15.1. The fraction of sp³-hybridized carbons (Fsp3) is 0.925. The van der Waals surface area contributed by atoms with Gasteiger partial charge in [0.05, 0.1) is 13.1 Å². The van der Waals surface area contributed by atoms with Crippen LogP contribution in [0.15, 0.2) is 12.4 Å². The van der Waals surface area contributed by atoms with Crippen molar-refractivity contribution >= 4 is 0 Å². The Bertz CT molecular complexity index is 648. The summed E-state index contributed by atoms with van der Waals surface area (Å²) in [6.07, 6.45) is 50.4. The third-order valence-electron chi connectivity index (χ3n) is 9.60. The van der Waals surface area contributed by atoms with Gasteiger partial charge in [-0.2, -0.15) is 0 Å². The van der Waals surface area contributed by atoms with E-state index >= 15 is 0 Å². The fourth-order valence-electron chi connectivity index (χ4n) is 6.68. The standard InChI is InChI=1S/C40H79N2/c1-4-7-10-13-16-18-20-22-24-26-29-32-35-40-41(36-33-30-27-15-12-9-6-3)38-39-42(40)37-34-31-28-25-23-21-19-17-14-11-8-5-2/h38-39H,4-37H2,1-3H3/q+1. The van der Waals surface area contributed by atoms with Crippen LogP contribution in [0.2, 0.25) is 0 Å². The number of hydrogen-bond donors (Lipinski definition) is 0. The molecule has 0 radical (unpaired) electrons. The van der Waals surface area contributed by atoms with Crippen LogP contribution in [-0.2, 0) is 19.5 Å². The molecule has 0 aliphatic carbocycles. The van der Waals surface area contributed by atoms with E-state index in [1.165, 1.54) is 219 Å². The molecule has 1 heterocycles. The second-order valence-corrected chi connectivity index (χ2v) is 13.8. The van der Waals surface area contributed by atoms with Crippen molar-refractivity contribution in [2.24, 2.45) is 0 Å². The minimum absolute atomic E-state index is 1.23. The Labute approximate surface area is 266 Å². The SMILES string of the molecule is CCCCCCCCCCCCCCc1n(CCCCCCCCCCCCCC)cc[n+]1CCCCCCCCC. The topological polar surface area (TPSA) is 8.81 Å². The predicted molar refractivity (Wildman–Crippen MR) is 188 cm³/mol. The van der Waals surface area contributed by atoms with E-state index < -0.39 is 0 Å². The normalized spacial score (nSPS) is 11.6. The molecule has 0 saturated carbocycles. The Morgan fingerprint density at radius 1 is 0.405 bits per heavy atom. The number of imidazole rings is 1. The monoisotopic (exact) mass is 588 g/mol. The van der Waals surface area contributed by atoms with E-state index in [9.17, 15) is 0 Å². The highest BCUT2D eigenvalue weighted by Gasteiger charge is 2.16. The van der Waals surface area contributed by atoms with E-state index in [0.29, 0.717) is 0 Å². The number of nitrogens with zero attached hydrogens (tertiary/aromatic N) is 2. The maximum Gasteiger partial charge on any atom is 0.256 e. The lowest BCUT2D eigenvalue weighted by molar-refractivity contribution is -0.704.